The van der Waals surface area contributed by atoms with Crippen molar-refractivity contribution in [1.29, 1.82) is 5.26 Å². The number of anilines is 1. The zero-order valence-electron chi connectivity index (χ0n) is 12.6. The molecule has 23 heavy (non-hydrogen) atoms. The third-order valence-corrected chi connectivity index (χ3v) is 3.38. The Labute approximate surface area is 143 Å². The molecule has 0 aliphatic carbocycles. The number of ether oxygens (including phenoxy) is 2. The highest BCUT2D eigenvalue weighted by Gasteiger charge is 2.11. The molecule has 0 saturated carbocycles. The summed E-state index contributed by atoms with van der Waals surface area (Å²) in [5, 5.41) is 12.9. The molecule has 5 nitrogen and oxygen atoms in total. The van der Waals surface area contributed by atoms with Gasteiger partial charge < -0.3 is 9.47 Å². The van der Waals surface area contributed by atoms with E-state index in [1.54, 1.807) is 6.21 Å². The summed E-state index contributed by atoms with van der Waals surface area (Å²) in [5.74, 6) is 1.08. The van der Waals surface area contributed by atoms with Crippen LogP contribution in [0.25, 0.3) is 0 Å². The predicted octanol–water partition coefficient (Wildman–Crippen LogP) is 4.20. The van der Waals surface area contributed by atoms with E-state index in [0.29, 0.717) is 22.6 Å². The van der Waals surface area contributed by atoms with E-state index in [4.69, 9.17) is 14.7 Å². The van der Waals surface area contributed by atoms with Gasteiger partial charge in [-0.05, 0) is 52.7 Å². The average molecular weight is 374 g/mol. The summed E-state index contributed by atoms with van der Waals surface area (Å²) in [6.45, 7) is 2.35. The molecule has 0 spiro atoms. The number of nitriles is 1. The van der Waals surface area contributed by atoms with E-state index in [2.05, 4.69) is 26.5 Å². The van der Waals surface area contributed by atoms with Gasteiger partial charge >= 0.3 is 0 Å². The van der Waals surface area contributed by atoms with Crippen molar-refractivity contribution in [2.45, 2.75) is 6.92 Å². The van der Waals surface area contributed by atoms with Gasteiger partial charge in [-0.3, -0.25) is 5.43 Å². The average Bonchev–Trinajstić information content (AvgIpc) is 2.55. The van der Waals surface area contributed by atoms with E-state index in [9.17, 15) is 0 Å². The first-order valence-corrected chi connectivity index (χ1v) is 7.84. The second-order valence-corrected chi connectivity index (χ2v) is 5.30. The van der Waals surface area contributed by atoms with Gasteiger partial charge in [-0.1, -0.05) is 18.2 Å². The lowest BCUT2D eigenvalue weighted by molar-refractivity contribution is 0.297. The molecule has 0 heterocycles. The molecule has 0 fully saturated rings. The highest BCUT2D eigenvalue weighted by molar-refractivity contribution is 9.10. The largest absolute Gasteiger partial charge is 0.490 e. The molecule has 0 aromatic heterocycles. The van der Waals surface area contributed by atoms with Crippen LogP contribution in [0.3, 0.4) is 0 Å². The van der Waals surface area contributed by atoms with Crippen LogP contribution in [0.4, 0.5) is 5.69 Å². The number of nitrogens with zero attached hydrogens (tertiary/aromatic N) is 2. The number of benzene rings is 2. The SMILES string of the molecule is CCOc1cc(/C=N/Nc2ccccc2)cc(Br)c1OCC#N. The van der Waals surface area contributed by atoms with E-state index in [1.165, 1.54) is 0 Å². The van der Waals surface area contributed by atoms with Gasteiger partial charge in [0.2, 0.25) is 0 Å². The van der Waals surface area contributed by atoms with Crippen LogP contribution < -0.4 is 14.9 Å². The summed E-state index contributed by atoms with van der Waals surface area (Å²) < 4.78 is 11.7. The van der Waals surface area contributed by atoms with Gasteiger partial charge in [0.15, 0.2) is 18.1 Å². The fourth-order valence-corrected chi connectivity index (χ4v) is 2.44. The van der Waals surface area contributed by atoms with Gasteiger partial charge in [0.25, 0.3) is 0 Å². The molecule has 0 saturated heterocycles. The fourth-order valence-electron chi connectivity index (χ4n) is 1.86. The lowest BCUT2D eigenvalue weighted by Crippen LogP contribution is -2.01. The molecule has 0 bridgehead atoms. The Balaban J connectivity index is 2.17. The Morgan fingerprint density at radius 2 is 2.04 bits per heavy atom. The first kappa shape index (κ1) is 16.8. The van der Waals surface area contributed by atoms with Crippen LogP contribution in [0.15, 0.2) is 52.0 Å². The monoisotopic (exact) mass is 373 g/mol. The van der Waals surface area contributed by atoms with Crippen molar-refractivity contribution in [3.05, 3.63) is 52.5 Å². The Morgan fingerprint density at radius 1 is 1.26 bits per heavy atom. The molecule has 2 rings (SSSR count). The molecule has 118 valence electrons. The van der Waals surface area contributed by atoms with E-state index in [-0.39, 0.29) is 6.61 Å². The van der Waals surface area contributed by atoms with Crippen molar-refractivity contribution < 1.29 is 9.47 Å². The van der Waals surface area contributed by atoms with Gasteiger partial charge in [0.05, 0.1) is 23.0 Å². The standard InChI is InChI=1S/C17H16BrN3O2/c1-2-22-16-11-13(10-15(18)17(16)23-9-8-19)12-20-21-14-6-4-3-5-7-14/h3-7,10-12,21H,2,9H2,1H3/b20-12+. The first-order valence-electron chi connectivity index (χ1n) is 7.04. The number of nitrogens with one attached hydrogen (secondary N) is 1. The maximum Gasteiger partial charge on any atom is 0.176 e. The van der Waals surface area contributed by atoms with Gasteiger partial charge in [0.1, 0.15) is 6.07 Å². The number of hydrazone groups is 1. The van der Waals surface area contributed by atoms with Crippen LogP contribution in [0, 0.1) is 11.3 Å². The van der Waals surface area contributed by atoms with Crippen LogP contribution in [0.5, 0.6) is 11.5 Å². The minimum atomic E-state index is -0.0400. The maximum absolute atomic E-state index is 8.66. The van der Waals surface area contributed by atoms with Crippen LogP contribution in [-0.2, 0) is 0 Å². The highest BCUT2D eigenvalue weighted by atomic mass is 79.9. The van der Waals surface area contributed by atoms with Crippen molar-refractivity contribution in [2.75, 3.05) is 18.6 Å². The lowest BCUT2D eigenvalue weighted by atomic mass is 10.2. The van der Waals surface area contributed by atoms with Crippen LogP contribution in [-0.4, -0.2) is 19.4 Å². The summed E-state index contributed by atoms with van der Waals surface area (Å²) in [6.07, 6.45) is 1.69. The third-order valence-electron chi connectivity index (χ3n) is 2.79. The van der Waals surface area contributed by atoms with Crippen molar-refractivity contribution in [2.24, 2.45) is 5.10 Å². The van der Waals surface area contributed by atoms with Crippen LogP contribution >= 0.6 is 15.9 Å². The molecule has 1 N–H and O–H groups in total. The Bertz CT molecular complexity index is 712. The fraction of sp³-hybridized carbons (Fsp3) is 0.176. The zero-order chi connectivity index (χ0) is 16.5. The summed E-state index contributed by atoms with van der Waals surface area (Å²) >= 11 is 3.44. The third kappa shape index (κ3) is 5.01. The number of hydrogen-bond acceptors (Lipinski definition) is 5. The number of para-hydroxylation sites is 1. The molecular formula is C17H16BrN3O2. The summed E-state index contributed by atoms with van der Waals surface area (Å²) in [7, 11) is 0. The van der Waals surface area contributed by atoms with Crippen molar-refractivity contribution in [1.82, 2.24) is 0 Å². The zero-order valence-corrected chi connectivity index (χ0v) is 14.2. The Hall–Kier alpha value is -2.52. The number of hydrogen-bond donors (Lipinski definition) is 1. The second-order valence-electron chi connectivity index (χ2n) is 4.45. The Kier molecular flexibility index (Phi) is 6.45. The quantitative estimate of drug-likeness (QED) is 0.583. The smallest absolute Gasteiger partial charge is 0.176 e. The minimum Gasteiger partial charge on any atom is -0.490 e. The van der Waals surface area contributed by atoms with Gasteiger partial charge in [0, 0.05) is 0 Å². The lowest BCUT2D eigenvalue weighted by Gasteiger charge is -2.12. The normalized spacial score (nSPS) is 10.3. The van der Waals surface area contributed by atoms with Gasteiger partial charge in [-0.15, -0.1) is 0 Å². The second kappa shape index (κ2) is 8.81. The van der Waals surface area contributed by atoms with Gasteiger partial charge in [-0.2, -0.15) is 10.4 Å². The molecule has 0 aliphatic heterocycles. The molecular weight excluding hydrogens is 358 g/mol. The van der Waals surface area contributed by atoms with E-state index < -0.39 is 0 Å². The molecule has 0 aliphatic rings. The number of halogens is 1. The highest BCUT2D eigenvalue weighted by Crippen LogP contribution is 2.36. The Morgan fingerprint density at radius 3 is 2.74 bits per heavy atom. The predicted molar refractivity (Wildman–Crippen MR) is 94.1 cm³/mol. The molecule has 0 radical (unpaired) electrons. The summed E-state index contributed by atoms with van der Waals surface area (Å²) in [4.78, 5) is 0. The first-order chi connectivity index (χ1) is 11.2. The maximum atomic E-state index is 8.66. The summed E-state index contributed by atoms with van der Waals surface area (Å²) in [6, 6.07) is 15.3. The van der Waals surface area contributed by atoms with E-state index >= 15 is 0 Å². The van der Waals surface area contributed by atoms with Crippen molar-refractivity contribution in [3.63, 3.8) is 0 Å². The number of rotatable bonds is 7. The summed E-state index contributed by atoms with van der Waals surface area (Å²) in [5.41, 5.74) is 4.70. The molecule has 0 amide bonds. The molecule has 0 unspecified atom stereocenters. The van der Waals surface area contributed by atoms with E-state index in [0.717, 1.165) is 11.3 Å². The van der Waals surface area contributed by atoms with Crippen molar-refractivity contribution >= 4 is 27.8 Å². The minimum absolute atomic E-state index is 0.0400. The topological polar surface area (TPSA) is 66.6 Å². The molecule has 2 aromatic carbocycles. The van der Waals surface area contributed by atoms with Crippen LogP contribution in [0.2, 0.25) is 0 Å². The van der Waals surface area contributed by atoms with E-state index in [1.807, 2.05) is 55.5 Å². The molecule has 0 atom stereocenters. The van der Waals surface area contributed by atoms with Crippen molar-refractivity contribution in [3.8, 4) is 17.6 Å². The van der Waals surface area contributed by atoms with Gasteiger partial charge in [-0.25, -0.2) is 0 Å². The molecule has 6 heteroatoms. The van der Waals surface area contributed by atoms with Crippen LogP contribution in [0.1, 0.15) is 12.5 Å². The molecule has 2 aromatic rings.